The minimum Gasteiger partial charge on any atom is -0.444 e. The Balaban J connectivity index is 2.02. The second-order valence-electron chi connectivity index (χ2n) is 17.7. The molecule has 0 unspecified atom stereocenters. The van der Waals surface area contributed by atoms with Crippen molar-refractivity contribution >= 4 is 26.2 Å². The van der Waals surface area contributed by atoms with Crippen molar-refractivity contribution in [2.24, 2.45) is 11.8 Å². The smallest absolute Gasteiger partial charge is 0.407 e. The Hall–Kier alpha value is -3.21. The summed E-state index contributed by atoms with van der Waals surface area (Å²) < 4.78 is 13.0. The molecule has 1 heterocycles. The number of likely N-dealkylation sites (tertiary alicyclic amines) is 1. The van der Waals surface area contributed by atoms with E-state index in [0.717, 1.165) is 24.0 Å². The summed E-state index contributed by atoms with van der Waals surface area (Å²) in [7, 11) is 1.74. The van der Waals surface area contributed by atoms with Gasteiger partial charge in [0.1, 0.15) is 11.6 Å². The first-order valence-electron chi connectivity index (χ1n) is 19.2. The van der Waals surface area contributed by atoms with Crippen LogP contribution < -0.4 is 10.6 Å². The van der Waals surface area contributed by atoms with E-state index in [1.54, 1.807) is 0 Å². The van der Waals surface area contributed by atoms with E-state index in [-0.39, 0.29) is 22.8 Å². The van der Waals surface area contributed by atoms with Gasteiger partial charge in [-0.3, -0.25) is 9.59 Å². The van der Waals surface area contributed by atoms with Crippen molar-refractivity contribution in [1.82, 2.24) is 20.4 Å². The van der Waals surface area contributed by atoms with Crippen molar-refractivity contribution in [2.75, 3.05) is 27.2 Å². The van der Waals surface area contributed by atoms with Crippen LogP contribution in [0.25, 0.3) is 0 Å². The van der Waals surface area contributed by atoms with Crippen LogP contribution in [0, 0.1) is 11.8 Å². The van der Waals surface area contributed by atoms with Crippen LogP contribution in [-0.2, 0) is 31.6 Å². The van der Waals surface area contributed by atoms with Gasteiger partial charge in [-0.25, -0.2) is 4.79 Å². The van der Waals surface area contributed by atoms with Crippen molar-refractivity contribution in [2.45, 2.75) is 135 Å². The van der Waals surface area contributed by atoms with Crippen LogP contribution in [0.2, 0.25) is 18.1 Å². The number of carbonyl (C=O) groups is 3. The first-order valence-corrected chi connectivity index (χ1v) is 22.1. The van der Waals surface area contributed by atoms with E-state index >= 15 is 0 Å². The molecule has 4 atom stereocenters. The molecule has 1 aliphatic rings. The third-order valence-corrected chi connectivity index (χ3v) is 15.2. The molecule has 0 saturated carbocycles. The Labute approximate surface area is 315 Å². The highest BCUT2D eigenvalue weighted by Crippen LogP contribution is 2.39. The molecule has 2 aromatic rings. The van der Waals surface area contributed by atoms with E-state index in [9.17, 15) is 14.4 Å². The Morgan fingerprint density at radius 1 is 0.846 bits per heavy atom. The lowest BCUT2D eigenvalue weighted by Crippen LogP contribution is -2.56. The zero-order valence-corrected chi connectivity index (χ0v) is 35.1. The van der Waals surface area contributed by atoms with Gasteiger partial charge in [0.15, 0.2) is 8.32 Å². The number of carbonyl (C=O) groups excluding carboxylic acids is 3. The maximum Gasteiger partial charge on any atom is 0.407 e. The lowest BCUT2D eigenvalue weighted by molar-refractivity contribution is -0.140. The first kappa shape index (κ1) is 43.2. The average Bonchev–Trinajstić information content (AvgIpc) is 3.05. The Bertz CT molecular complexity index is 1410. The average molecular weight is 737 g/mol. The molecular weight excluding hydrogens is 669 g/mol. The van der Waals surface area contributed by atoms with E-state index in [2.05, 4.69) is 63.5 Å². The van der Waals surface area contributed by atoms with Crippen molar-refractivity contribution in [3.8, 4) is 0 Å². The van der Waals surface area contributed by atoms with Crippen LogP contribution >= 0.6 is 0 Å². The molecule has 52 heavy (non-hydrogen) atoms. The van der Waals surface area contributed by atoms with Crippen LogP contribution in [0.5, 0.6) is 0 Å². The summed E-state index contributed by atoms with van der Waals surface area (Å²) in [6.07, 6.45) is 2.07. The van der Waals surface area contributed by atoms with Crippen molar-refractivity contribution in [3.63, 3.8) is 0 Å². The topological polar surface area (TPSA) is 100 Å². The number of rotatable bonds is 15. The number of hydrogen-bond donors (Lipinski definition) is 2. The summed E-state index contributed by atoms with van der Waals surface area (Å²) in [6, 6.07) is 19.3. The van der Waals surface area contributed by atoms with E-state index in [4.69, 9.17) is 9.16 Å². The number of ether oxygens (including phenoxy) is 1. The molecule has 10 heteroatoms. The molecule has 1 saturated heterocycles. The van der Waals surface area contributed by atoms with E-state index < -0.39 is 44.1 Å². The number of piperidine rings is 1. The quantitative estimate of drug-likeness (QED) is 0.184. The normalized spacial score (nSPS) is 17.0. The highest BCUT2D eigenvalue weighted by atomic mass is 28.4. The van der Waals surface area contributed by atoms with Crippen LogP contribution in [0.15, 0.2) is 60.7 Å². The lowest BCUT2D eigenvalue weighted by Gasteiger charge is -2.42. The number of benzene rings is 2. The van der Waals surface area contributed by atoms with Gasteiger partial charge in [-0.05, 0) is 102 Å². The second kappa shape index (κ2) is 18.7. The molecule has 0 radical (unpaired) electrons. The molecule has 0 aromatic heterocycles. The zero-order chi connectivity index (χ0) is 38.9. The largest absolute Gasteiger partial charge is 0.444 e. The fourth-order valence-electron chi connectivity index (χ4n) is 6.50. The van der Waals surface area contributed by atoms with Gasteiger partial charge >= 0.3 is 6.09 Å². The molecule has 2 N–H and O–H groups in total. The lowest BCUT2D eigenvalue weighted by atomic mass is 9.88. The number of amides is 3. The Morgan fingerprint density at radius 2 is 1.37 bits per heavy atom. The minimum atomic E-state index is -2.43. The summed E-state index contributed by atoms with van der Waals surface area (Å²) in [5.41, 5.74) is 1.37. The minimum absolute atomic E-state index is 0.0263. The van der Waals surface area contributed by atoms with Crippen LogP contribution in [0.3, 0.4) is 0 Å². The molecule has 0 spiro atoms. The maximum atomic E-state index is 14.6. The Morgan fingerprint density at radius 3 is 1.83 bits per heavy atom. The molecule has 1 aliphatic heterocycles. The van der Waals surface area contributed by atoms with Gasteiger partial charge in [-0.1, -0.05) is 95.3 Å². The fraction of sp³-hybridized carbons (Fsp3) is 0.643. The van der Waals surface area contributed by atoms with Gasteiger partial charge in [-0.2, -0.15) is 0 Å². The SMILES string of the molecule is CC(C)[C@H](NC(=O)[C@@H](Cc1ccccc1)C[C@@H](O[Si](C)(C)C(C)(C)C)[C@H](Cc1ccccc1)NC(=O)OC(C)(C)C)C(=O)N1CCC(N(C)C)CC1. The monoisotopic (exact) mass is 736 g/mol. The van der Waals surface area contributed by atoms with Crippen LogP contribution in [0.1, 0.15) is 85.8 Å². The zero-order valence-electron chi connectivity index (χ0n) is 34.1. The standard InChI is InChI=1S/C42H68N4O5Si/c1-30(2)37(39(48)46-25-23-34(24-26-46)45(9)10)44-38(47)33(27-31-19-15-13-16-20-31)29-36(51-52(11,12)42(6,7)8)35(28-32-21-17-14-18-22-32)43-40(49)50-41(3,4)5/h13-22,30,33-37H,23-29H2,1-12H3,(H,43,49)(H,44,47)/t33-,35-,36+,37-/m0/s1. The van der Waals surface area contributed by atoms with Crippen molar-refractivity contribution in [3.05, 3.63) is 71.8 Å². The van der Waals surface area contributed by atoms with Crippen molar-refractivity contribution in [1.29, 1.82) is 0 Å². The van der Waals surface area contributed by atoms with Gasteiger partial charge in [-0.15, -0.1) is 0 Å². The van der Waals surface area contributed by atoms with E-state index in [1.807, 2.05) is 100 Å². The highest BCUT2D eigenvalue weighted by molar-refractivity contribution is 6.74. The van der Waals surface area contributed by atoms with Crippen LogP contribution in [0.4, 0.5) is 4.79 Å². The Kier molecular flexibility index (Phi) is 15.5. The van der Waals surface area contributed by atoms with Crippen LogP contribution in [-0.4, -0.2) is 93.0 Å². The third-order valence-electron chi connectivity index (χ3n) is 10.7. The molecule has 9 nitrogen and oxygen atoms in total. The number of alkyl carbamates (subject to hydrolysis) is 1. The first-order chi connectivity index (χ1) is 24.2. The van der Waals surface area contributed by atoms with Gasteiger partial charge < -0.3 is 29.6 Å². The number of hydrogen-bond acceptors (Lipinski definition) is 6. The van der Waals surface area contributed by atoms with E-state index in [1.165, 1.54) is 0 Å². The fourth-order valence-corrected chi connectivity index (χ4v) is 7.87. The molecule has 3 amide bonds. The molecule has 3 rings (SSSR count). The summed E-state index contributed by atoms with van der Waals surface area (Å²) in [5, 5.41) is 6.28. The molecule has 0 bridgehead atoms. The summed E-state index contributed by atoms with van der Waals surface area (Å²) >= 11 is 0. The molecule has 1 fully saturated rings. The predicted octanol–water partition coefficient (Wildman–Crippen LogP) is 7.46. The molecule has 0 aliphatic carbocycles. The number of nitrogens with one attached hydrogen (secondary N) is 2. The van der Waals surface area contributed by atoms with Gasteiger partial charge in [0, 0.05) is 25.0 Å². The number of nitrogens with zero attached hydrogens (tertiary/aromatic N) is 2. The molecule has 2 aromatic carbocycles. The van der Waals surface area contributed by atoms with Crippen molar-refractivity contribution < 1.29 is 23.5 Å². The highest BCUT2D eigenvalue weighted by Gasteiger charge is 2.43. The summed E-state index contributed by atoms with van der Waals surface area (Å²) in [6.45, 7) is 21.9. The van der Waals surface area contributed by atoms with Gasteiger partial charge in [0.05, 0.1) is 12.1 Å². The predicted molar refractivity (Wildman–Crippen MR) is 214 cm³/mol. The van der Waals surface area contributed by atoms with Gasteiger partial charge in [0.2, 0.25) is 11.8 Å². The van der Waals surface area contributed by atoms with Gasteiger partial charge in [0.25, 0.3) is 0 Å². The third kappa shape index (κ3) is 13.3. The summed E-state index contributed by atoms with van der Waals surface area (Å²) in [4.78, 5) is 46.2. The van der Waals surface area contributed by atoms with E-state index in [0.29, 0.717) is 38.4 Å². The second-order valence-corrected chi connectivity index (χ2v) is 22.5. The summed E-state index contributed by atoms with van der Waals surface area (Å²) in [5.74, 6) is -0.843. The molecule has 290 valence electrons. The molecular formula is C42H68N4O5Si. The maximum absolute atomic E-state index is 14.6.